The molecule has 4 nitrogen and oxygen atoms in total. The Morgan fingerprint density at radius 3 is 2.73 bits per heavy atom. The summed E-state index contributed by atoms with van der Waals surface area (Å²) in [7, 11) is 0. The highest BCUT2D eigenvalue weighted by molar-refractivity contribution is 5.92. The van der Waals surface area contributed by atoms with E-state index in [4.69, 9.17) is 0 Å². The number of halogens is 1. The summed E-state index contributed by atoms with van der Waals surface area (Å²) in [5.41, 5.74) is 1.46. The van der Waals surface area contributed by atoms with Gasteiger partial charge in [0.25, 0.3) is 5.91 Å². The van der Waals surface area contributed by atoms with Crippen molar-refractivity contribution in [3.63, 3.8) is 0 Å². The van der Waals surface area contributed by atoms with Crippen LogP contribution >= 0.6 is 0 Å². The highest BCUT2D eigenvalue weighted by Crippen LogP contribution is 2.27. The Kier molecular flexibility index (Phi) is 4.42. The molecule has 0 aliphatic carbocycles. The van der Waals surface area contributed by atoms with E-state index >= 15 is 0 Å². The first kappa shape index (κ1) is 14.6. The largest absolute Gasteiger partial charge is 0.337 e. The second kappa shape index (κ2) is 6.64. The molecule has 114 valence electrons. The Morgan fingerprint density at radius 2 is 2.00 bits per heavy atom. The van der Waals surface area contributed by atoms with Gasteiger partial charge in [-0.1, -0.05) is 18.6 Å². The second-order valence-corrected chi connectivity index (χ2v) is 5.59. The van der Waals surface area contributed by atoms with Gasteiger partial charge in [-0.05, 0) is 30.5 Å². The number of carbonyl (C=O) groups is 1. The molecule has 5 heteroatoms. The topological polar surface area (TPSA) is 46.1 Å². The lowest BCUT2D eigenvalue weighted by atomic mass is 9.94. The summed E-state index contributed by atoms with van der Waals surface area (Å²) < 4.78 is 13.1. The van der Waals surface area contributed by atoms with E-state index in [0.29, 0.717) is 12.2 Å². The summed E-state index contributed by atoms with van der Waals surface area (Å²) >= 11 is 0. The predicted molar refractivity (Wildman–Crippen MR) is 80.9 cm³/mol. The number of nitrogens with zero attached hydrogens (tertiary/aromatic N) is 3. The van der Waals surface area contributed by atoms with Crippen LogP contribution in [0.3, 0.4) is 0 Å². The Labute approximate surface area is 129 Å². The van der Waals surface area contributed by atoms with Gasteiger partial charge >= 0.3 is 0 Å². The second-order valence-electron chi connectivity index (χ2n) is 5.59. The van der Waals surface area contributed by atoms with Crippen molar-refractivity contribution in [3.05, 3.63) is 59.9 Å². The Hall–Kier alpha value is -2.30. The summed E-state index contributed by atoms with van der Waals surface area (Å²) in [5, 5.41) is 0. The first-order valence-corrected chi connectivity index (χ1v) is 7.55. The maximum Gasteiger partial charge on any atom is 0.274 e. The standard InChI is InChI=1S/C17H18FN3O/c18-15-6-4-13(5-7-15)14-3-1-2-10-21(12-14)17(22)16-11-19-8-9-20-16/h4-9,11,14H,1-3,10,12H2/t14-/m1/s1. The average Bonchev–Trinajstić information content (AvgIpc) is 2.82. The molecule has 2 heterocycles. The van der Waals surface area contributed by atoms with Gasteiger partial charge in [-0.25, -0.2) is 9.37 Å². The molecule has 0 N–H and O–H groups in total. The molecule has 0 unspecified atom stereocenters. The van der Waals surface area contributed by atoms with Gasteiger partial charge in [0.2, 0.25) is 0 Å². The fourth-order valence-corrected chi connectivity index (χ4v) is 2.91. The molecule has 0 saturated carbocycles. The molecule has 1 atom stereocenters. The maximum atomic E-state index is 13.1. The summed E-state index contributed by atoms with van der Waals surface area (Å²) in [4.78, 5) is 22.4. The number of carbonyl (C=O) groups excluding carboxylic acids is 1. The minimum atomic E-state index is -0.232. The van der Waals surface area contributed by atoms with Crippen molar-refractivity contribution < 1.29 is 9.18 Å². The number of likely N-dealkylation sites (tertiary alicyclic amines) is 1. The number of rotatable bonds is 2. The lowest BCUT2D eigenvalue weighted by Gasteiger charge is -2.24. The third kappa shape index (κ3) is 3.30. The monoisotopic (exact) mass is 299 g/mol. The Morgan fingerprint density at radius 1 is 1.18 bits per heavy atom. The molecular weight excluding hydrogens is 281 g/mol. The van der Waals surface area contributed by atoms with Crippen LogP contribution < -0.4 is 0 Å². The lowest BCUT2D eigenvalue weighted by Crippen LogP contribution is -2.34. The number of amides is 1. The van der Waals surface area contributed by atoms with Crippen LogP contribution in [0.25, 0.3) is 0 Å². The zero-order chi connectivity index (χ0) is 15.4. The fourth-order valence-electron chi connectivity index (χ4n) is 2.91. The number of hydrogen-bond acceptors (Lipinski definition) is 3. The number of aromatic nitrogens is 2. The smallest absolute Gasteiger partial charge is 0.274 e. The molecule has 0 spiro atoms. The van der Waals surface area contributed by atoms with E-state index in [0.717, 1.165) is 31.4 Å². The van der Waals surface area contributed by atoms with Crippen LogP contribution in [0.2, 0.25) is 0 Å². The fraction of sp³-hybridized carbons (Fsp3) is 0.353. The van der Waals surface area contributed by atoms with E-state index in [2.05, 4.69) is 9.97 Å². The maximum absolute atomic E-state index is 13.1. The summed E-state index contributed by atoms with van der Waals surface area (Å²) in [6, 6.07) is 6.59. The summed E-state index contributed by atoms with van der Waals surface area (Å²) in [6.45, 7) is 1.37. The predicted octanol–water partition coefficient (Wildman–Crippen LogP) is 3.03. The highest BCUT2D eigenvalue weighted by atomic mass is 19.1. The van der Waals surface area contributed by atoms with Gasteiger partial charge in [0, 0.05) is 31.4 Å². The van der Waals surface area contributed by atoms with Gasteiger partial charge in [0.1, 0.15) is 11.5 Å². The molecule has 1 saturated heterocycles. The molecule has 1 amide bonds. The minimum Gasteiger partial charge on any atom is -0.337 e. The minimum absolute atomic E-state index is 0.0814. The molecule has 1 aromatic heterocycles. The molecule has 2 aromatic rings. The van der Waals surface area contributed by atoms with E-state index in [1.54, 1.807) is 6.20 Å². The third-order valence-electron chi connectivity index (χ3n) is 4.08. The quantitative estimate of drug-likeness (QED) is 0.856. The van der Waals surface area contributed by atoms with Crippen LogP contribution in [0.15, 0.2) is 42.9 Å². The van der Waals surface area contributed by atoms with Crippen molar-refractivity contribution in [1.82, 2.24) is 14.9 Å². The number of hydrogen-bond donors (Lipinski definition) is 0. The molecule has 1 aliphatic heterocycles. The molecule has 1 aromatic carbocycles. The third-order valence-corrected chi connectivity index (χ3v) is 4.08. The molecule has 22 heavy (non-hydrogen) atoms. The molecule has 0 bridgehead atoms. The van der Waals surface area contributed by atoms with E-state index in [1.807, 2.05) is 17.0 Å². The Bertz CT molecular complexity index is 630. The highest BCUT2D eigenvalue weighted by Gasteiger charge is 2.24. The van der Waals surface area contributed by atoms with E-state index in [-0.39, 0.29) is 17.6 Å². The lowest BCUT2D eigenvalue weighted by molar-refractivity contribution is 0.0748. The van der Waals surface area contributed by atoms with Crippen molar-refractivity contribution in [2.24, 2.45) is 0 Å². The average molecular weight is 299 g/mol. The van der Waals surface area contributed by atoms with Gasteiger partial charge in [0.15, 0.2) is 0 Å². The first-order chi connectivity index (χ1) is 10.7. The summed E-state index contributed by atoms with van der Waals surface area (Å²) in [5.74, 6) is -0.0734. The van der Waals surface area contributed by atoms with Gasteiger partial charge < -0.3 is 4.90 Å². The Balaban J connectivity index is 1.78. The SMILES string of the molecule is O=C(c1cnccn1)N1CCCC[C@@H](c2ccc(F)cc2)C1. The van der Waals surface area contributed by atoms with Gasteiger partial charge in [-0.3, -0.25) is 9.78 Å². The van der Waals surface area contributed by atoms with Gasteiger partial charge in [-0.2, -0.15) is 0 Å². The van der Waals surface area contributed by atoms with Crippen LogP contribution in [-0.2, 0) is 0 Å². The van der Waals surface area contributed by atoms with Gasteiger partial charge in [0.05, 0.1) is 6.20 Å². The van der Waals surface area contributed by atoms with Crippen molar-refractivity contribution in [3.8, 4) is 0 Å². The van der Waals surface area contributed by atoms with Crippen molar-refractivity contribution >= 4 is 5.91 Å². The van der Waals surface area contributed by atoms with E-state index < -0.39 is 0 Å². The first-order valence-electron chi connectivity index (χ1n) is 7.55. The summed E-state index contributed by atoms with van der Waals surface area (Å²) in [6.07, 6.45) is 7.63. The molecule has 0 radical (unpaired) electrons. The molecule has 3 rings (SSSR count). The van der Waals surface area contributed by atoms with E-state index in [1.165, 1.54) is 24.5 Å². The van der Waals surface area contributed by atoms with Crippen molar-refractivity contribution in [2.45, 2.75) is 25.2 Å². The van der Waals surface area contributed by atoms with Crippen LogP contribution in [0.4, 0.5) is 4.39 Å². The molecular formula is C17H18FN3O. The number of benzene rings is 1. The van der Waals surface area contributed by atoms with Crippen molar-refractivity contribution in [1.29, 1.82) is 0 Å². The molecule has 1 aliphatic rings. The van der Waals surface area contributed by atoms with Crippen molar-refractivity contribution in [2.75, 3.05) is 13.1 Å². The van der Waals surface area contributed by atoms with Crippen LogP contribution in [0.1, 0.15) is 41.2 Å². The zero-order valence-electron chi connectivity index (χ0n) is 12.3. The van der Waals surface area contributed by atoms with Crippen LogP contribution in [0.5, 0.6) is 0 Å². The normalized spacial score (nSPS) is 18.8. The molecule has 1 fully saturated rings. The van der Waals surface area contributed by atoms with Crippen LogP contribution in [-0.4, -0.2) is 33.9 Å². The zero-order valence-corrected chi connectivity index (χ0v) is 12.3. The van der Waals surface area contributed by atoms with E-state index in [9.17, 15) is 9.18 Å². The van der Waals surface area contributed by atoms with Gasteiger partial charge in [-0.15, -0.1) is 0 Å². The van der Waals surface area contributed by atoms with Crippen LogP contribution in [0, 0.1) is 5.82 Å².